The number of hydrogen-bond donors (Lipinski definition) is 1. The highest BCUT2D eigenvalue weighted by Gasteiger charge is 2.13. The van der Waals surface area contributed by atoms with E-state index in [0.29, 0.717) is 19.8 Å². The summed E-state index contributed by atoms with van der Waals surface area (Å²) in [5.41, 5.74) is 7.68. The number of benzene rings is 1. The van der Waals surface area contributed by atoms with E-state index >= 15 is 0 Å². The van der Waals surface area contributed by atoms with Crippen molar-refractivity contribution >= 4 is 0 Å². The molecule has 0 aliphatic carbocycles. The van der Waals surface area contributed by atoms with Crippen molar-refractivity contribution in [3.63, 3.8) is 0 Å². The molecule has 0 atom stereocenters. The van der Waals surface area contributed by atoms with E-state index in [1.54, 1.807) is 0 Å². The van der Waals surface area contributed by atoms with Crippen LogP contribution in [0.4, 0.5) is 0 Å². The topological polar surface area (TPSA) is 66.8 Å². The van der Waals surface area contributed by atoms with Crippen molar-refractivity contribution < 1.29 is 18.6 Å². The van der Waals surface area contributed by atoms with Gasteiger partial charge in [0.1, 0.15) is 18.1 Å². The van der Waals surface area contributed by atoms with Crippen LogP contribution in [0, 0.1) is 6.92 Å². The SMILES string of the molecule is Cc1cc(COCc2ccc3c(c2)OCO3)oc1CN. The minimum absolute atomic E-state index is 0.285. The van der Waals surface area contributed by atoms with Crippen molar-refractivity contribution in [1.82, 2.24) is 0 Å². The maximum atomic E-state index is 5.65. The fourth-order valence-corrected chi connectivity index (χ4v) is 2.16. The zero-order valence-electron chi connectivity index (χ0n) is 11.3. The van der Waals surface area contributed by atoms with Gasteiger partial charge in [-0.05, 0) is 36.2 Å². The van der Waals surface area contributed by atoms with Gasteiger partial charge in [0.05, 0.1) is 13.2 Å². The summed E-state index contributed by atoms with van der Waals surface area (Å²) < 4.78 is 21.8. The standard InChI is InChI=1S/C15H17NO4/c1-10-4-12(20-15(10)6-16)8-17-7-11-2-3-13-14(5-11)19-9-18-13/h2-5H,6-9,16H2,1H3. The molecule has 0 unspecified atom stereocenters. The third-order valence-electron chi connectivity index (χ3n) is 3.21. The first-order valence-electron chi connectivity index (χ1n) is 6.51. The average molecular weight is 275 g/mol. The van der Waals surface area contributed by atoms with Crippen molar-refractivity contribution in [2.24, 2.45) is 5.73 Å². The number of nitrogens with two attached hydrogens (primary N) is 1. The molecule has 2 aromatic rings. The lowest BCUT2D eigenvalue weighted by Gasteiger charge is -2.04. The van der Waals surface area contributed by atoms with Gasteiger partial charge in [-0.2, -0.15) is 0 Å². The van der Waals surface area contributed by atoms with Crippen LogP contribution in [0.2, 0.25) is 0 Å². The molecule has 0 amide bonds. The Balaban J connectivity index is 1.57. The molecule has 1 aromatic carbocycles. The Kier molecular flexibility index (Phi) is 3.62. The lowest BCUT2D eigenvalue weighted by atomic mass is 10.2. The van der Waals surface area contributed by atoms with Crippen molar-refractivity contribution in [1.29, 1.82) is 0 Å². The first-order valence-corrected chi connectivity index (χ1v) is 6.51. The van der Waals surface area contributed by atoms with E-state index in [1.807, 2.05) is 31.2 Å². The molecule has 20 heavy (non-hydrogen) atoms. The molecule has 0 saturated heterocycles. The Morgan fingerprint density at radius 3 is 2.80 bits per heavy atom. The maximum Gasteiger partial charge on any atom is 0.231 e. The number of hydrogen-bond acceptors (Lipinski definition) is 5. The summed E-state index contributed by atoms with van der Waals surface area (Å²) in [6.07, 6.45) is 0. The van der Waals surface area contributed by atoms with E-state index in [4.69, 9.17) is 24.4 Å². The number of aryl methyl sites for hydroxylation is 1. The minimum atomic E-state index is 0.285. The van der Waals surface area contributed by atoms with Crippen LogP contribution in [-0.4, -0.2) is 6.79 Å². The number of rotatable bonds is 5. The molecule has 106 valence electrons. The molecule has 0 spiro atoms. The molecule has 2 N–H and O–H groups in total. The van der Waals surface area contributed by atoms with Crippen molar-refractivity contribution in [3.8, 4) is 11.5 Å². The molecule has 0 saturated carbocycles. The van der Waals surface area contributed by atoms with Crippen molar-refractivity contribution in [2.45, 2.75) is 26.7 Å². The number of ether oxygens (including phenoxy) is 3. The monoisotopic (exact) mass is 275 g/mol. The summed E-state index contributed by atoms with van der Waals surface area (Å²) in [5.74, 6) is 3.16. The third kappa shape index (κ3) is 2.64. The van der Waals surface area contributed by atoms with Crippen molar-refractivity contribution in [3.05, 3.63) is 46.9 Å². The molecule has 0 fully saturated rings. The highest BCUT2D eigenvalue weighted by atomic mass is 16.7. The second kappa shape index (κ2) is 5.56. The molecule has 1 aliphatic heterocycles. The number of furan rings is 1. The molecule has 3 rings (SSSR count). The highest BCUT2D eigenvalue weighted by Crippen LogP contribution is 2.32. The predicted octanol–water partition coefficient (Wildman–Crippen LogP) is 2.49. The van der Waals surface area contributed by atoms with Crippen LogP contribution < -0.4 is 15.2 Å². The number of fused-ring (bicyclic) bond motifs is 1. The van der Waals surface area contributed by atoms with Crippen LogP contribution in [0.25, 0.3) is 0 Å². The Morgan fingerprint density at radius 1 is 1.15 bits per heavy atom. The van der Waals surface area contributed by atoms with Gasteiger partial charge >= 0.3 is 0 Å². The smallest absolute Gasteiger partial charge is 0.231 e. The van der Waals surface area contributed by atoms with Crippen LogP contribution in [0.1, 0.15) is 22.6 Å². The Morgan fingerprint density at radius 2 is 2.00 bits per heavy atom. The summed E-state index contributed by atoms with van der Waals surface area (Å²) in [6.45, 7) is 3.60. The van der Waals surface area contributed by atoms with E-state index in [0.717, 1.165) is 34.1 Å². The quantitative estimate of drug-likeness (QED) is 0.908. The normalized spacial score (nSPS) is 12.9. The van der Waals surface area contributed by atoms with Gasteiger partial charge in [-0.25, -0.2) is 0 Å². The summed E-state index contributed by atoms with van der Waals surface area (Å²) in [4.78, 5) is 0. The van der Waals surface area contributed by atoms with Gasteiger partial charge in [-0.1, -0.05) is 6.07 Å². The molecule has 2 heterocycles. The Labute approximate surface area is 117 Å². The van der Waals surface area contributed by atoms with Gasteiger partial charge in [0.15, 0.2) is 11.5 Å². The van der Waals surface area contributed by atoms with Gasteiger partial charge < -0.3 is 24.4 Å². The maximum absolute atomic E-state index is 5.65. The Bertz CT molecular complexity index is 606. The van der Waals surface area contributed by atoms with Gasteiger partial charge in [-0.3, -0.25) is 0 Å². The van der Waals surface area contributed by atoms with E-state index in [2.05, 4.69) is 0 Å². The van der Waals surface area contributed by atoms with Crippen LogP contribution in [0.3, 0.4) is 0 Å². The van der Waals surface area contributed by atoms with Crippen LogP contribution in [0.15, 0.2) is 28.7 Å². The van der Waals surface area contributed by atoms with Gasteiger partial charge in [-0.15, -0.1) is 0 Å². The minimum Gasteiger partial charge on any atom is -0.462 e. The third-order valence-corrected chi connectivity index (χ3v) is 3.21. The zero-order valence-corrected chi connectivity index (χ0v) is 11.3. The molecule has 5 nitrogen and oxygen atoms in total. The van der Waals surface area contributed by atoms with Crippen LogP contribution in [0.5, 0.6) is 11.5 Å². The van der Waals surface area contributed by atoms with Crippen molar-refractivity contribution in [2.75, 3.05) is 6.79 Å². The summed E-state index contributed by atoms with van der Waals surface area (Å²) >= 11 is 0. The summed E-state index contributed by atoms with van der Waals surface area (Å²) in [6, 6.07) is 7.75. The molecule has 5 heteroatoms. The summed E-state index contributed by atoms with van der Waals surface area (Å²) in [7, 11) is 0. The van der Waals surface area contributed by atoms with Gasteiger partial charge in [0.2, 0.25) is 6.79 Å². The van der Waals surface area contributed by atoms with E-state index < -0.39 is 0 Å². The molecule has 0 bridgehead atoms. The molecular weight excluding hydrogens is 258 g/mol. The average Bonchev–Trinajstić information content (AvgIpc) is 3.04. The van der Waals surface area contributed by atoms with Crippen LogP contribution >= 0.6 is 0 Å². The zero-order chi connectivity index (χ0) is 13.9. The second-order valence-corrected chi connectivity index (χ2v) is 4.70. The predicted molar refractivity (Wildman–Crippen MR) is 72.4 cm³/mol. The van der Waals surface area contributed by atoms with E-state index in [-0.39, 0.29) is 6.79 Å². The molecule has 1 aromatic heterocycles. The first-order chi connectivity index (χ1) is 9.76. The van der Waals surface area contributed by atoms with E-state index in [9.17, 15) is 0 Å². The Hall–Kier alpha value is -1.98. The van der Waals surface area contributed by atoms with Gasteiger partial charge in [0.25, 0.3) is 0 Å². The highest BCUT2D eigenvalue weighted by molar-refractivity contribution is 5.44. The lowest BCUT2D eigenvalue weighted by molar-refractivity contribution is 0.0920. The molecular formula is C15H17NO4. The van der Waals surface area contributed by atoms with E-state index in [1.165, 1.54) is 0 Å². The fourth-order valence-electron chi connectivity index (χ4n) is 2.16. The summed E-state index contributed by atoms with van der Waals surface area (Å²) in [5, 5.41) is 0. The first kappa shape index (κ1) is 13.0. The van der Waals surface area contributed by atoms with Crippen LogP contribution in [-0.2, 0) is 24.5 Å². The molecule has 1 aliphatic rings. The largest absolute Gasteiger partial charge is 0.462 e. The lowest BCUT2D eigenvalue weighted by Crippen LogP contribution is -1.95. The van der Waals surface area contributed by atoms with Gasteiger partial charge in [0, 0.05) is 0 Å². The molecule has 0 radical (unpaired) electrons. The fraction of sp³-hybridized carbons (Fsp3) is 0.333. The second-order valence-electron chi connectivity index (χ2n) is 4.70.